The molecule has 2 N–H and O–H groups in total. The number of rotatable bonds is 3. The van der Waals surface area contributed by atoms with Gasteiger partial charge in [-0.05, 0) is 46.8 Å². The monoisotopic (exact) mass is 281 g/mol. The number of esters is 1. The molecule has 88 valence electrons. The molecule has 1 rings (SSSR count). The van der Waals surface area contributed by atoms with Crippen LogP contribution in [-0.2, 0) is 16.0 Å². The van der Waals surface area contributed by atoms with Gasteiger partial charge in [-0.3, -0.25) is 4.79 Å². The Morgan fingerprint density at radius 2 is 1.88 bits per heavy atom. The van der Waals surface area contributed by atoms with Gasteiger partial charge in [0.15, 0.2) is 0 Å². The molecule has 0 spiro atoms. The van der Waals surface area contributed by atoms with E-state index in [1.165, 1.54) is 0 Å². The molecule has 0 bridgehead atoms. The van der Waals surface area contributed by atoms with Gasteiger partial charge in [-0.15, -0.1) is 0 Å². The fourth-order valence-electron chi connectivity index (χ4n) is 1.14. The third kappa shape index (κ3) is 5.03. The first-order valence-electron chi connectivity index (χ1n) is 4.47. The first kappa shape index (κ1) is 13.6. The van der Waals surface area contributed by atoms with Gasteiger partial charge in [-0.2, -0.15) is 0 Å². The zero-order valence-electron chi connectivity index (χ0n) is 8.20. The average Bonchev–Trinajstić information content (AvgIpc) is 2.16. The van der Waals surface area contributed by atoms with Crippen molar-refractivity contribution in [2.24, 2.45) is 5.73 Å². The molecule has 0 fully saturated rings. The quantitative estimate of drug-likeness (QED) is 0.684. The predicted octanol–water partition coefficient (Wildman–Crippen LogP) is 2.43. The number of hydrogen-bond acceptors (Lipinski definition) is 3. The summed E-state index contributed by atoms with van der Waals surface area (Å²) in [6.45, 7) is 0. The van der Waals surface area contributed by atoms with Gasteiger partial charge in [0, 0.05) is 0 Å². The van der Waals surface area contributed by atoms with E-state index in [1.807, 2.05) is 30.3 Å². The lowest BCUT2D eigenvalue weighted by atomic mass is 10.1. The van der Waals surface area contributed by atoms with Crippen LogP contribution in [0.25, 0.3) is 0 Å². The SMILES string of the molecule is N[C@@H](Cc1ccccc1)C(=O)OC(Cl)(Cl)Cl. The van der Waals surface area contributed by atoms with Crippen LogP contribution in [0.15, 0.2) is 30.3 Å². The molecule has 0 heterocycles. The normalized spacial score (nSPS) is 13.2. The topological polar surface area (TPSA) is 52.3 Å². The molecular weight excluding hydrogens is 272 g/mol. The van der Waals surface area contributed by atoms with Gasteiger partial charge < -0.3 is 10.5 Å². The minimum absolute atomic E-state index is 0.334. The minimum atomic E-state index is -2.06. The number of hydrogen-bond donors (Lipinski definition) is 1. The van der Waals surface area contributed by atoms with Crippen LogP contribution in [-0.4, -0.2) is 16.0 Å². The van der Waals surface area contributed by atoms with Crippen LogP contribution >= 0.6 is 34.8 Å². The lowest BCUT2D eigenvalue weighted by Crippen LogP contribution is -2.36. The van der Waals surface area contributed by atoms with Crippen LogP contribution in [0.5, 0.6) is 0 Å². The summed E-state index contributed by atoms with van der Waals surface area (Å²) in [6, 6.07) is 8.42. The number of ether oxygens (including phenoxy) is 1. The zero-order valence-corrected chi connectivity index (χ0v) is 10.5. The number of nitrogens with two attached hydrogens (primary N) is 1. The van der Waals surface area contributed by atoms with E-state index in [-0.39, 0.29) is 0 Å². The van der Waals surface area contributed by atoms with Gasteiger partial charge in [0.05, 0.1) is 0 Å². The molecule has 3 nitrogen and oxygen atoms in total. The Morgan fingerprint density at radius 1 is 1.31 bits per heavy atom. The van der Waals surface area contributed by atoms with Crippen LogP contribution in [0.1, 0.15) is 5.56 Å². The number of benzene rings is 1. The Hall–Kier alpha value is -0.480. The van der Waals surface area contributed by atoms with Crippen molar-refractivity contribution in [2.45, 2.75) is 16.4 Å². The number of alkyl halides is 3. The van der Waals surface area contributed by atoms with E-state index < -0.39 is 16.0 Å². The van der Waals surface area contributed by atoms with Crippen molar-refractivity contribution in [3.05, 3.63) is 35.9 Å². The fourth-order valence-corrected chi connectivity index (χ4v) is 1.37. The fraction of sp³-hybridized carbons (Fsp3) is 0.300. The Morgan fingerprint density at radius 3 is 2.38 bits per heavy atom. The summed E-state index contributed by atoms with van der Waals surface area (Å²) in [6.07, 6.45) is 0.334. The highest BCUT2D eigenvalue weighted by Crippen LogP contribution is 2.27. The van der Waals surface area contributed by atoms with Crippen molar-refractivity contribution in [1.82, 2.24) is 0 Å². The molecule has 1 atom stereocenters. The average molecular weight is 283 g/mol. The second kappa shape index (κ2) is 5.73. The molecule has 0 aliphatic rings. The molecule has 1 aromatic rings. The van der Waals surface area contributed by atoms with Crippen LogP contribution in [0.3, 0.4) is 0 Å². The van der Waals surface area contributed by atoms with Crippen molar-refractivity contribution in [2.75, 3.05) is 0 Å². The van der Waals surface area contributed by atoms with Crippen LogP contribution in [0, 0.1) is 0 Å². The summed E-state index contributed by atoms with van der Waals surface area (Å²) < 4.78 is 2.44. The Labute approximate surface area is 108 Å². The van der Waals surface area contributed by atoms with Gasteiger partial charge in [0.2, 0.25) is 0 Å². The lowest BCUT2D eigenvalue weighted by Gasteiger charge is -2.16. The summed E-state index contributed by atoms with van der Waals surface area (Å²) in [5.74, 6) is -0.746. The van der Waals surface area contributed by atoms with Crippen molar-refractivity contribution in [3.8, 4) is 0 Å². The molecule has 16 heavy (non-hydrogen) atoms. The van der Waals surface area contributed by atoms with E-state index in [1.54, 1.807) is 0 Å². The second-order valence-electron chi connectivity index (χ2n) is 3.16. The van der Waals surface area contributed by atoms with Crippen molar-refractivity contribution in [1.29, 1.82) is 0 Å². The molecule has 0 aromatic heterocycles. The van der Waals surface area contributed by atoms with Crippen molar-refractivity contribution >= 4 is 40.8 Å². The van der Waals surface area contributed by atoms with E-state index in [0.29, 0.717) is 6.42 Å². The summed E-state index contributed by atoms with van der Waals surface area (Å²) in [5, 5.41) is 0. The molecule has 0 saturated heterocycles. The van der Waals surface area contributed by atoms with E-state index in [9.17, 15) is 4.79 Å². The minimum Gasteiger partial charge on any atom is -0.413 e. The molecule has 0 aliphatic carbocycles. The highest BCUT2D eigenvalue weighted by Gasteiger charge is 2.28. The maximum absolute atomic E-state index is 11.4. The van der Waals surface area contributed by atoms with Gasteiger partial charge in [-0.25, -0.2) is 0 Å². The smallest absolute Gasteiger partial charge is 0.340 e. The van der Waals surface area contributed by atoms with E-state index in [2.05, 4.69) is 4.74 Å². The summed E-state index contributed by atoms with van der Waals surface area (Å²) in [4.78, 5) is 11.4. The molecule has 0 aliphatic heterocycles. The molecule has 0 unspecified atom stereocenters. The summed E-state index contributed by atoms with van der Waals surface area (Å²) in [5.41, 5.74) is 6.52. The standard InChI is InChI=1S/C10H10Cl3NO2/c11-10(12,13)16-9(15)8(14)6-7-4-2-1-3-5-7/h1-5,8H,6,14H2/t8-/m0/s1. The van der Waals surface area contributed by atoms with Crippen molar-refractivity contribution < 1.29 is 9.53 Å². The summed E-state index contributed by atoms with van der Waals surface area (Å²) in [7, 11) is 0. The first-order chi connectivity index (χ1) is 7.38. The Kier molecular flexibility index (Phi) is 4.87. The molecule has 1 aromatic carbocycles. The highest BCUT2D eigenvalue weighted by molar-refractivity contribution is 6.66. The molecular formula is C10H10Cl3NO2. The first-order valence-corrected chi connectivity index (χ1v) is 5.61. The third-order valence-electron chi connectivity index (χ3n) is 1.82. The maximum atomic E-state index is 11.4. The lowest BCUT2D eigenvalue weighted by molar-refractivity contribution is -0.145. The van der Waals surface area contributed by atoms with Gasteiger partial charge in [0.1, 0.15) is 6.04 Å². The molecule has 0 saturated carbocycles. The predicted molar refractivity (Wildman–Crippen MR) is 64.5 cm³/mol. The molecule has 0 radical (unpaired) electrons. The van der Waals surface area contributed by atoms with Gasteiger partial charge in [0.25, 0.3) is 0 Å². The number of carbonyl (C=O) groups is 1. The summed E-state index contributed by atoms with van der Waals surface area (Å²) >= 11 is 15.9. The largest absolute Gasteiger partial charge is 0.413 e. The highest BCUT2D eigenvalue weighted by atomic mass is 35.6. The molecule has 6 heteroatoms. The van der Waals surface area contributed by atoms with Crippen molar-refractivity contribution in [3.63, 3.8) is 0 Å². The molecule has 0 amide bonds. The number of halogens is 3. The van der Waals surface area contributed by atoms with E-state index >= 15 is 0 Å². The van der Waals surface area contributed by atoms with Crippen LogP contribution in [0.4, 0.5) is 0 Å². The van der Waals surface area contributed by atoms with E-state index in [0.717, 1.165) is 5.56 Å². The third-order valence-corrected chi connectivity index (χ3v) is 2.05. The number of carbonyl (C=O) groups excluding carboxylic acids is 1. The van der Waals surface area contributed by atoms with Gasteiger partial charge in [-0.1, -0.05) is 30.3 Å². The maximum Gasteiger partial charge on any atom is 0.340 e. The second-order valence-corrected chi connectivity index (χ2v) is 5.34. The van der Waals surface area contributed by atoms with Crippen LogP contribution in [0.2, 0.25) is 0 Å². The van der Waals surface area contributed by atoms with Gasteiger partial charge >= 0.3 is 9.95 Å². The Balaban J connectivity index is 2.53. The Bertz CT molecular complexity index is 351. The zero-order chi connectivity index (χ0) is 12.2. The van der Waals surface area contributed by atoms with E-state index in [4.69, 9.17) is 40.5 Å². The van der Waals surface area contributed by atoms with Crippen LogP contribution < -0.4 is 5.73 Å².